The van der Waals surface area contributed by atoms with Crippen molar-refractivity contribution in [2.75, 3.05) is 0 Å². The lowest BCUT2D eigenvalue weighted by Crippen LogP contribution is -2.11. The van der Waals surface area contributed by atoms with Crippen LogP contribution in [0.5, 0.6) is 0 Å². The van der Waals surface area contributed by atoms with Crippen LogP contribution in [0, 0.1) is 0 Å². The third-order valence-corrected chi connectivity index (χ3v) is 3.34. The van der Waals surface area contributed by atoms with Gasteiger partial charge in [0.2, 0.25) is 0 Å². The lowest BCUT2D eigenvalue weighted by molar-refractivity contribution is 0.615. The van der Waals surface area contributed by atoms with Crippen LogP contribution in [-0.2, 0) is 19.5 Å². The Hall–Kier alpha value is -1.20. The largest absolute Gasteiger partial charge is 0.324 e. The first-order valence-corrected chi connectivity index (χ1v) is 6.89. The van der Waals surface area contributed by atoms with Crippen LogP contribution in [0.15, 0.2) is 28.7 Å². The zero-order valence-electron chi connectivity index (χ0n) is 10.4. The van der Waals surface area contributed by atoms with E-state index in [4.69, 9.17) is 5.73 Å². The van der Waals surface area contributed by atoms with Crippen LogP contribution in [-0.4, -0.2) is 14.8 Å². The minimum atomic E-state index is 0.438. The van der Waals surface area contributed by atoms with Crippen LogP contribution < -0.4 is 5.73 Å². The topological polar surface area (TPSA) is 56.7 Å². The molecule has 0 fully saturated rings. The van der Waals surface area contributed by atoms with Crippen molar-refractivity contribution in [3.05, 3.63) is 46.0 Å². The summed E-state index contributed by atoms with van der Waals surface area (Å²) in [6, 6.07) is 8.27. The Kier molecular flexibility index (Phi) is 4.49. The molecule has 2 rings (SSSR count). The average molecular weight is 309 g/mol. The van der Waals surface area contributed by atoms with E-state index in [2.05, 4.69) is 49.8 Å². The first-order valence-electron chi connectivity index (χ1n) is 6.10. The van der Waals surface area contributed by atoms with Gasteiger partial charge in [0.25, 0.3) is 0 Å². The normalized spacial score (nSPS) is 10.8. The third kappa shape index (κ3) is 2.97. The fraction of sp³-hybridized carbons (Fsp3) is 0.385. The molecule has 0 radical (unpaired) electrons. The zero-order valence-corrected chi connectivity index (χ0v) is 12.0. The van der Waals surface area contributed by atoms with Gasteiger partial charge in [-0.2, -0.15) is 0 Å². The van der Waals surface area contributed by atoms with E-state index >= 15 is 0 Å². The number of nitrogens with two attached hydrogens (primary N) is 1. The van der Waals surface area contributed by atoms with E-state index in [9.17, 15) is 0 Å². The molecule has 96 valence electrons. The van der Waals surface area contributed by atoms with Crippen LogP contribution in [0.3, 0.4) is 0 Å². The number of hydrogen-bond donors (Lipinski definition) is 1. The minimum Gasteiger partial charge on any atom is -0.324 e. The number of aromatic nitrogens is 3. The highest BCUT2D eigenvalue weighted by atomic mass is 79.9. The molecule has 0 atom stereocenters. The maximum absolute atomic E-state index is 5.68. The molecule has 0 amide bonds. The van der Waals surface area contributed by atoms with Gasteiger partial charge in [0.15, 0.2) is 0 Å². The maximum Gasteiger partial charge on any atom is 0.146 e. The molecule has 0 aliphatic heterocycles. The van der Waals surface area contributed by atoms with Gasteiger partial charge in [-0.15, -0.1) is 10.2 Å². The summed E-state index contributed by atoms with van der Waals surface area (Å²) in [4.78, 5) is 0. The van der Waals surface area contributed by atoms with E-state index in [1.807, 2.05) is 12.1 Å². The highest BCUT2D eigenvalue weighted by Crippen LogP contribution is 2.14. The molecule has 1 aromatic heterocycles. The van der Waals surface area contributed by atoms with Gasteiger partial charge in [0.1, 0.15) is 11.6 Å². The highest BCUT2D eigenvalue weighted by Gasteiger charge is 2.10. The molecule has 2 N–H and O–H groups in total. The van der Waals surface area contributed by atoms with Gasteiger partial charge < -0.3 is 10.3 Å². The molecular weight excluding hydrogens is 292 g/mol. The summed E-state index contributed by atoms with van der Waals surface area (Å²) >= 11 is 3.44. The smallest absolute Gasteiger partial charge is 0.146 e. The summed E-state index contributed by atoms with van der Waals surface area (Å²) in [7, 11) is 0. The SMILES string of the molecule is CCCn1c(CN)nnc1Cc1ccc(Br)cc1. The fourth-order valence-corrected chi connectivity index (χ4v) is 2.19. The number of benzene rings is 1. The second kappa shape index (κ2) is 6.11. The Balaban J connectivity index is 2.22. The summed E-state index contributed by atoms with van der Waals surface area (Å²) in [5.74, 6) is 1.85. The van der Waals surface area contributed by atoms with E-state index in [-0.39, 0.29) is 0 Å². The molecule has 2 aromatic rings. The standard InChI is InChI=1S/C13H17BrN4/c1-2-7-18-12(16-17-13(18)9-15)8-10-3-5-11(14)6-4-10/h3-6H,2,7-9,15H2,1H3. The highest BCUT2D eigenvalue weighted by molar-refractivity contribution is 9.10. The Morgan fingerprint density at radius 1 is 1.17 bits per heavy atom. The van der Waals surface area contributed by atoms with E-state index in [1.165, 1.54) is 5.56 Å². The van der Waals surface area contributed by atoms with Gasteiger partial charge in [-0.25, -0.2) is 0 Å². The van der Waals surface area contributed by atoms with Crippen molar-refractivity contribution >= 4 is 15.9 Å². The number of rotatable bonds is 5. The van der Waals surface area contributed by atoms with Gasteiger partial charge in [-0.1, -0.05) is 35.0 Å². The van der Waals surface area contributed by atoms with Crippen molar-refractivity contribution in [1.82, 2.24) is 14.8 Å². The van der Waals surface area contributed by atoms with Gasteiger partial charge >= 0.3 is 0 Å². The zero-order chi connectivity index (χ0) is 13.0. The van der Waals surface area contributed by atoms with E-state index < -0.39 is 0 Å². The number of nitrogens with zero attached hydrogens (tertiary/aromatic N) is 3. The lowest BCUT2D eigenvalue weighted by Gasteiger charge is -2.08. The first-order chi connectivity index (χ1) is 8.74. The van der Waals surface area contributed by atoms with Crippen LogP contribution in [0.4, 0.5) is 0 Å². The molecule has 0 aliphatic carbocycles. The Labute approximate surface area is 115 Å². The third-order valence-electron chi connectivity index (χ3n) is 2.81. The maximum atomic E-state index is 5.68. The van der Waals surface area contributed by atoms with Gasteiger partial charge in [-0.05, 0) is 24.1 Å². The average Bonchev–Trinajstić information content (AvgIpc) is 2.75. The quantitative estimate of drug-likeness (QED) is 0.923. The Bertz CT molecular complexity index is 504. The van der Waals surface area contributed by atoms with E-state index in [1.54, 1.807) is 0 Å². The summed E-state index contributed by atoms with van der Waals surface area (Å²) in [5, 5.41) is 8.39. The van der Waals surface area contributed by atoms with Crippen LogP contribution >= 0.6 is 15.9 Å². The Morgan fingerprint density at radius 2 is 1.83 bits per heavy atom. The van der Waals surface area contributed by atoms with Gasteiger partial charge in [0.05, 0.1) is 6.54 Å². The van der Waals surface area contributed by atoms with Crippen molar-refractivity contribution in [2.45, 2.75) is 32.9 Å². The molecule has 18 heavy (non-hydrogen) atoms. The van der Waals surface area contributed by atoms with Crippen molar-refractivity contribution < 1.29 is 0 Å². The molecule has 0 unspecified atom stereocenters. The monoisotopic (exact) mass is 308 g/mol. The van der Waals surface area contributed by atoms with Crippen LogP contribution in [0.2, 0.25) is 0 Å². The predicted molar refractivity (Wildman–Crippen MR) is 75.2 cm³/mol. The molecule has 4 nitrogen and oxygen atoms in total. The first kappa shape index (κ1) is 13.2. The number of halogens is 1. The summed E-state index contributed by atoms with van der Waals surface area (Å²) in [6.07, 6.45) is 1.85. The van der Waals surface area contributed by atoms with Crippen molar-refractivity contribution in [3.63, 3.8) is 0 Å². The minimum absolute atomic E-state index is 0.438. The summed E-state index contributed by atoms with van der Waals surface area (Å²) < 4.78 is 3.21. The van der Waals surface area contributed by atoms with Crippen molar-refractivity contribution in [2.24, 2.45) is 5.73 Å². The second-order valence-electron chi connectivity index (χ2n) is 4.19. The summed E-state index contributed by atoms with van der Waals surface area (Å²) in [5.41, 5.74) is 6.91. The van der Waals surface area contributed by atoms with Crippen molar-refractivity contribution in [3.8, 4) is 0 Å². The molecule has 1 aromatic carbocycles. The lowest BCUT2D eigenvalue weighted by atomic mass is 10.1. The molecule has 0 saturated heterocycles. The van der Waals surface area contributed by atoms with Crippen LogP contribution in [0.1, 0.15) is 30.6 Å². The predicted octanol–water partition coefficient (Wildman–Crippen LogP) is 2.50. The molecule has 1 heterocycles. The number of hydrogen-bond acceptors (Lipinski definition) is 3. The molecule has 0 saturated carbocycles. The fourth-order valence-electron chi connectivity index (χ4n) is 1.92. The molecular formula is C13H17BrN4. The van der Waals surface area contributed by atoms with E-state index in [0.717, 1.165) is 35.5 Å². The van der Waals surface area contributed by atoms with Crippen LogP contribution in [0.25, 0.3) is 0 Å². The van der Waals surface area contributed by atoms with Gasteiger partial charge in [-0.3, -0.25) is 0 Å². The Morgan fingerprint density at radius 3 is 2.44 bits per heavy atom. The summed E-state index contributed by atoms with van der Waals surface area (Å²) in [6.45, 7) is 3.50. The molecule has 0 aliphatic rings. The van der Waals surface area contributed by atoms with E-state index in [0.29, 0.717) is 6.54 Å². The molecule has 0 spiro atoms. The molecule has 5 heteroatoms. The van der Waals surface area contributed by atoms with Gasteiger partial charge in [0, 0.05) is 17.4 Å². The second-order valence-corrected chi connectivity index (χ2v) is 5.11. The van der Waals surface area contributed by atoms with Crippen molar-refractivity contribution in [1.29, 1.82) is 0 Å². The molecule has 0 bridgehead atoms.